The molecule has 0 N–H and O–H groups in total. The van der Waals surface area contributed by atoms with Gasteiger partial charge in [-0.2, -0.15) is 0 Å². The summed E-state index contributed by atoms with van der Waals surface area (Å²) in [6.07, 6.45) is 21.0. The quantitative estimate of drug-likeness (QED) is 0.126. The van der Waals surface area contributed by atoms with Crippen LogP contribution in [0.25, 0.3) is 87.6 Å². The number of fused-ring (bicyclic) bond motifs is 14. The monoisotopic (exact) mass is 1640 g/mol. The zero-order valence-electron chi connectivity index (χ0n) is 76.9. The van der Waals surface area contributed by atoms with Crippen LogP contribution in [0, 0.1) is 71.0 Å². The van der Waals surface area contributed by atoms with Crippen molar-refractivity contribution in [3.63, 3.8) is 0 Å². The molecule has 0 atom stereocenters. The summed E-state index contributed by atoms with van der Waals surface area (Å²) in [5.41, 5.74) is 29.7. The number of nitrogens with zero attached hydrogens (tertiary/aromatic N) is 3. The van der Waals surface area contributed by atoms with Crippen molar-refractivity contribution in [1.82, 2.24) is 0 Å². The molecule has 0 aliphatic heterocycles. The molecule has 0 heterocycles. The van der Waals surface area contributed by atoms with Gasteiger partial charge in [0.1, 0.15) is 0 Å². The maximum absolute atomic E-state index is 8.78. The predicted octanol–water partition coefficient (Wildman–Crippen LogP) is 32.9. The van der Waals surface area contributed by atoms with Gasteiger partial charge in [-0.05, 0) is 404 Å². The minimum absolute atomic E-state index is 0.0617. The molecule has 3 spiro atoms. The summed E-state index contributed by atoms with van der Waals surface area (Å²) < 4.78 is 42.4. The summed E-state index contributed by atoms with van der Waals surface area (Å²) in [4.78, 5) is 6.76. The number of rotatable bonds is 10. The van der Waals surface area contributed by atoms with Crippen LogP contribution in [0.4, 0.5) is 51.2 Å². The second-order valence-corrected chi connectivity index (χ2v) is 40.3. The number of benzene rings is 17. The van der Waals surface area contributed by atoms with Crippen molar-refractivity contribution in [2.75, 3.05) is 14.7 Å². The molecule has 17 aromatic carbocycles. The third kappa shape index (κ3) is 11.4. The average Bonchev–Trinajstić information content (AvgIpc) is 1.51. The molecule has 12 saturated carbocycles. The first-order chi connectivity index (χ1) is 64.9. The van der Waals surface area contributed by atoms with E-state index in [0.29, 0.717) is 11.8 Å². The lowest BCUT2D eigenvalue weighted by atomic mass is 9.43. The van der Waals surface area contributed by atoms with Crippen LogP contribution in [0.15, 0.2) is 382 Å². The third-order valence-corrected chi connectivity index (χ3v) is 34.3. The molecule has 0 aromatic heterocycles. The summed E-state index contributed by atoms with van der Waals surface area (Å²) >= 11 is 0. The molecular formula is C124H105N3. The largest absolute Gasteiger partial charge is 0.310 e. The Labute approximate surface area is 754 Å². The lowest BCUT2D eigenvalue weighted by Gasteiger charge is -2.61. The second kappa shape index (κ2) is 29.1. The molecule has 0 unspecified atom stereocenters. The van der Waals surface area contributed by atoms with Gasteiger partial charge in [0.05, 0.1) is 6.85 Å². The van der Waals surface area contributed by atoms with E-state index in [1.807, 2.05) is 35.2 Å². The highest BCUT2D eigenvalue weighted by Gasteiger charge is 2.65. The fourth-order valence-electron chi connectivity index (χ4n) is 30.3. The second-order valence-electron chi connectivity index (χ2n) is 40.3. The molecular weight excluding hydrogens is 1530 g/mol. The van der Waals surface area contributed by atoms with E-state index < -0.39 is 0 Å². The van der Waals surface area contributed by atoms with Gasteiger partial charge >= 0.3 is 0 Å². The highest BCUT2D eigenvalue weighted by Crippen LogP contribution is 2.74. The molecule has 0 radical (unpaired) electrons. The van der Waals surface area contributed by atoms with E-state index >= 15 is 0 Å². The molecule has 32 rings (SSSR count). The van der Waals surface area contributed by atoms with Crippen molar-refractivity contribution in [3.8, 4) is 44.5 Å². The maximum atomic E-state index is 8.78. The maximum Gasteiger partial charge on any atom is 0.0645 e. The van der Waals surface area contributed by atoms with Crippen LogP contribution < -0.4 is 14.7 Å². The Morgan fingerprint density at radius 2 is 0.480 bits per heavy atom. The first-order valence-electron chi connectivity index (χ1n) is 50.2. The smallest absolute Gasteiger partial charge is 0.0645 e. The van der Waals surface area contributed by atoms with Crippen LogP contribution in [0.5, 0.6) is 0 Å². The normalized spacial score (nSPS) is 26.9. The van der Waals surface area contributed by atoms with Gasteiger partial charge < -0.3 is 14.7 Å². The van der Waals surface area contributed by atoms with E-state index in [4.69, 9.17) is 6.85 Å². The van der Waals surface area contributed by atoms with Crippen LogP contribution in [-0.4, -0.2) is 0 Å². The van der Waals surface area contributed by atoms with Gasteiger partial charge in [-0.25, -0.2) is 0 Å². The van der Waals surface area contributed by atoms with E-state index in [1.54, 1.807) is 22.3 Å². The van der Waals surface area contributed by atoms with Gasteiger partial charge in [-0.1, -0.05) is 267 Å². The average molecular weight is 1640 g/mol. The Hall–Kier alpha value is -12.8. The van der Waals surface area contributed by atoms with Crippen LogP contribution in [-0.2, 0) is 16.2 Å². The van der Waals surface area contributed by atoms with Crippen molar-refractivity contribution in [2.45, 2.75) is 113 Å². The number of hydrogen-bond acceptors (Lipinski definition) is 3. The first kappa shape index (κ1) is 69.4. The van der Waals surface area contributed by atoms with Gasteiger partial charge in [0.25, 0.3) is 0 Å². The van der Waals surface area contributed by atoms with E-state index in [-0.39, 0.29) is 52.1 Å². The molecule has 15 aliphatic carbocycles. The van der Waals surface area contributed by atoms with Crippen LogP contribution >= 0.6 is 0 Å². The Kier molecular flexibility index (Phi) is 15.9. The molecule has 127 heavy (non-hydrogen) atoms. The van der Waals surface area contributed by atoms with Gasteiger partial charge in [-0.3, -0.25) is 0 Å². The number of para-hydroxylation sites is 3. The fourth-order valence-corrected chi connectivity index (χ4v) is 30.3. The third-order valence-electron chi connectivity index (χ3n) is 34.3. The topological polar surface area (TPSA) is 9.72 Å². The minimum Gasteiger partial charge on any atom is -0.310 e. The predicted molar refractivity (Wildman–Crippen MR) is 529 cm³/mol. The van der Waals surface area contributed by atoms with E-state index in [2.05, 4.69) is 331 Å². The minimum atomic E-state index is -0.376. The van der Waals surface area contributed by atoms with E-state index in [9.17, 15) is 0 Å². The SMILES string of the molecule is [2H]c1c([2H])c([2H])c(N(c2ccccc2)c2ccc3c(c2)-c2ccccc2C32C3CC4CC(C3)CC2C4)c([2H])c1[2H].c1ccc(N(c2ccc(-c3ccc4c(ccc5ccccc54)c3)cc2)c2ccc3c(c2)-c2ccccc2C32C3CC4CC(C3)CC2C4)cc1.c1ccc2c(c1)-c1cc(N(c3ccc4ccccc4c3)c3ccc4ccccc4c3)ccc1C21C2CC3CC(C2)CC1C3. The fraction of sp³-hybridized carbons (Fsp3) is 0.242. The van der Waals surface area contributed by atoms with Gasteiger partial charge in [0.2, 0.25) is 0 Å². The van der Waals surface area contributed by atoms with Gasteiger partial charge in [-0.15, -0.1) is 0 Å². The van der Waals surface area contributed by atoms with Crippen LogP contribution in [0.3, 0.4) is 0 Å². The van der Waals surface area contributed by atoms with Crippen molar-refractivity contribution in [2.24, 2.45) is 71.0 Å². The molecule has 0 amide bonds. The summed E-state index contributed by atoms with van der Waals surface area (Å²) in [6, 6.07) is 129. The molecule has 12 bridgehead atoms. The summed E-state index contributed by atoms with van der Waals surface area (Å²) in [5, 5.41) is 10.3. The Morgan fingerprint density at radius 3 is 0.906 bits per heavy atom. The first-order valence-corrected chi connectivity index (χ1v) is 47.7. The Bertz CT molecular complexity index is 7370. The van der Waals surface area contributed by atoms with Crippen LogP contribution in [0.2, 0.25) is 0 Å². The molecule has 0 saturated heterocycles. The Balaban J connectivity index is 0.000000102. The van der Waals surface area contributed by atoms with E-state index in [0.717, 1.165) is 70.6 Å². The molecule has 17 aromatic rings. The van der Waals surface area contributed by atoms with Gasteiger partial charge in [0.15, 0.2) is 0 Å². The van der Waals surface area contributed by atoms with Crippen molar-refractivity contribution in [1.29, 1.82) is 0 Å². The number of anilines is 9. The highest BCUT2D eigenvalue weighted by atomic mass is 15.2. The zero-order chi connectivity index (χ0) is 87.6. The van der Waals surface area contributed by atoms with E-state index in [1.165, 1.54) is 229 Å². The Morgan fingerprint density at radius 1 is 0.189 bits per heavy atom. The molecule has 15 aliphatic rings. The molecule has 616 valence electrons. The highest BCUT2D eigenvalue weighted by molar-refractivity contribution is 6.09. The van der Waals surface area contributed by atoms with Gasteiger partial charge in [0, 0.05) is 67.4 Å². The van der Waals surface area contributed by atoms with Crippen molar-refractivity contribution in [3.05, 3.63) is 415 Å². The lowest BCUT2D eigenvalue weighted by Crippen LogP contribution is -2.55. The summed E-state index contributed by atoms with van der Waals surface area (Å²) in [7, 11) is 0. The summed E-state index contributed by atoms with van der Waals surface area (Å²) in [5.74, 6) is 10.0. The number of hydrogen-bond donors (Lipinski definition) is 0. The van der Waals surface area contributed by atoms with Crippen LogP contribution in [0.1, 0.15) is 137 Å². The standard InChI is InChI=1S/C48H39N.C42H35N.C34H31N/c1-2-9-39(10-3-1)49(40-19-16-33(17-20-40)35-18-22-43-36(29-35)15-14-34-8-4-5-11-42(34)43)41-21-23-47-45(30-41)44-12-6-7-13-46(44)48(47)37-25-31-24-32(27-37)28-38(48)26-31;1-3-9-31-24-35(15-13-29(31)7-1)43(36-16-14-30-8-2-4-10-32(30)25-36)37-17-18-41-39(26-37)38-11-5-6-12-40(38)42(41)33-20-27-19-28(22-33)23-34(42)21-27;1-3-9-27(10-4-1)35(28-11-5-2-6-12-28)29-15-16-33-31(22-29)30-13-7-8-14-32(30)34(33)25-18-23-17-24(20-25)21-26(34)19-23/h1-23,29-32,37-38H,24-28H2;1-18,24-28,33-34H,19-23H2;1-16,22-26H,17-21H2/i;;1D,3D,4D,9D,10D. The molecule has 3 heteroatoms. The van der Waals surface area contributed by atoms with Crippen molar-refractivity contribution >= 4 is 94.3 Å². The lowest BCUT2D eigenvalue weighted by molar-refractivity contribution is -0.0399. The van der Waals surface area contributed by atoms with Crippen molar-refractivity contribution < 1.29 is 6.85 Å². The molecule has 3 nitrogen and oxygen atoms in total. The molecule has 12 fully saturated rings. The zero-order valence-corrected chi connectivity index (χ0v) is 71.9. The summed E-state index contributed by atoms with van der Waals surface area (Å²) in [6.45, 7) is 0.